The Balaban J connectivity index is 1.61. The van der Waals surface area contributed by atoms with Crippen molar-refractivity contribution >= 4 is 19.7 Å². The van der Waals surface area contributed by atoms with Crippen molar-refractivity contribution in [3.05, 3.63) is 123 Å². The van der Waals surface area contributed by atoms with Crippen LogP contribution in [-0.2, 0) is 40.0 Å². The summed E-state index contributed by atoms with van der Waals surface area (Å²) in [6, 6.07) is 27.1. The number of nitrogens with two attached hydrogens (primary N) is 1. The highest BCUT2D eigenvalue weighted by molar-refractivity contribution is 7.44. The number of methoxy groups -OCH3 is 2. The number of benzene rings is 3. The molecule has 0 fully saturated rings. The maximum atomic E-state index is 13.3. The Hall–Kier alpha value is -4.83. The molecule has 13 nitrogen and oxygen atoms in total. The van der Waals surface area contributed by atoms with Crippen LogP contribution in [0.5, 0.6) is 11.5 Å². The van der Waals surface area contributed by atoms with Crippen LogP contribution in [0.4, 0.5) is 0 Å². The molecule has 2 N–H and O–H groups in total. The first-order valence-electron chi connectivity index (χ1n) is 15.0. The Kier molecular flexibility index (Phi) is 11.1. The van der Waals surface area contributed by atoms with Gasteiger partial charge >= 0.3 is 5.69 Å². The van der Waals surface area contributed by atoms with Gasteiger partial charge in [-0.25, -0.2) is 9.78 Å². The highest BCUT2D eigenvalue weighted by atomic mass is 31.2. The molecule has 48 heavy (non-hydrogen) atoms. The van der Waals surface area contributed by atoms with Crippen molar-refractivity contribution in [2.45, 2.75) is 24.7 Å². The summed E-state index contributed by atoms with van der Waals surface area (Å²) in [5.74, 6) is 1.37. The minimum atomic E-state index is -1.94. The molecule has 0 bridgehead atoms. The lowest BCUT2D eigenvalue weighted by Crippen LogP contribution is -2.39. The smallest absolute Gasteiger partial charge is 0.332 e. The molecule has 0 aliphatic rings. The normalized spacial score (nSPS) is 12.8. The molecule has 5 aromatic rings. The summed E-state index contributed by atoms with van der Waals surface area (Å²) in [4.78, 5) is 30.2. The first-order chi connectivity index (χ1) is 23.2. The van der Waals surface area contributed by atoms with E-state index in [2.05, 4.69) is 4.98 Å². The van der Waals surface area contributed by atoms with Crippen LogP contribution in [0.2, 0.25) is 0 Å². The third-order valence-corrected chi connectivity index (χ3v) is 8.91. The second-order valence-electron chi connectivity index (χ2n) is 10.8. The molecule has 0 amide bonds. The summed E-state index contributed by atoms with van der Waals surface area (Å²) in [6.45, 7) is 0.141. The number of rotatable bonds is 15. The van der Waals surface area contributed by atoms with Gasteiger partial charge in [0.15, 0.2) is 11.2 Å². The number of imidazole rings is 1. The predicted molar refractivity (Wildman–Crippen MR) is 181 cm³/mol. The second-order valence-corrected chi connectivity index (χ2v) is 11.9. The maximum Gasteiger partial charge on any atom is 0.332 e. The zero-order chi connectivity index (χ0) is 34.3. The molecule has 0 aliphatic carbocycles. The molecular formula is C34H37N6O7P. The number of ether oxygens (including phenoxy) is 3. The standard InChI is InChI=1S/C34H37N6O7P/c1-38-31-30(32(41)39(2)33(38)42)40(23-37-31)21-29(47-48(36)46-20-8-19-35)22-45-34(24-9-6-5-7-10-24,25-11-15-27(43-3)16-12-25)26-13-17-28(44-4)18-14-26/h5-7,9-18,23,29H,8,20-22,36H2,1-4H3. The van der Waals surface area contributed by atoms with Crippen LogP contribution >= 0.6 is 8.53 Å². The van der Waals surface area contributed by atoms with Crippen molar-refractivity contribution in [1.29, 1.82) is 5.26 Å². The monoisotopic (exact) mass is 672 g/mol. The topological polar surface area (TPSA) is 158 Å². The fourth-order valence-electron chi connectivity index (χ4n) is 5.52. The summed E-state index contributed by atoms with van der Waals surface area (Å²) >= 11 is 0. The largest absolute Gasteiger partial charge is 0.497 e. The van der Waals surface area contributed by atoms with Crippen molar-refractivity contribution in [1.82, 2.24) is 18.7 Å². The molecule has 2 unspecified atom stereocenters. The molecule has 2 heterocycles. The number of nitriles is 1. The Morgan fingerprint density at radius 3 is 2.04 bits per heavy atom. The van der Waals surface area contributed by atoms with E-state index in [1.807, 2.05) is 84.9 Å². The molecule has 2 atom stereocenters. The van der Waals surface area contributed by atoms with Gasteiger partial charge in [0.2, 0.25) is 0 Å². The van der Waals surface area contributed by atoms with E-state index in [9.17, 15) is 9.59 Å². The van der Waals surface area contributed by atoms with Gasteiger partial charge in [-0.3, -0.25) is 19.4 Å². The van der Waals surface area contributed by atoms with E-state index < -0.39 is 31.5 Å². The molecule has 0 aliphatic heterocycles. The summed E-state index contributed by atoms with van der Waals surface area (Å²) in [5.41, 5.74) is 7.07. The molecule has 0 saturated heterocycles. The predicted octanol–water partition coefficient (Wildman–Crippen LogP) is 3.96. The van der Waals surface area contributed by atoms with Crippen molar-refractivity contribution in [2.75, 3.05) is 27.4 Å². The van der Waals surface area contributed by atoms with E-state index in [1.165, 1.54) is 17.9 Å². The van der Waals surface area contributed by atoms with Crippen molar-refractivity contribution in [2.24, 2.45) is 19.6 Å². The minimum absolute atomic E-state index is 0.0314. The van der Waals surface area contributed by atoms with E-state index >= 15 is 0 Å². The number of aromatic nitrogens is 4. The lowest BCUT2D eigenvalue weighted by Gasteiger charge is -2.37. The lowest BCUT2D eigenvalue weighted by molar-refractivity contribution is -0.0348. The Morgan fingerprint density at radius 2 is 1.48 bits per heavy atom. The quantitative estimate of drug-likeness (QED) is 0.0981. The third kappa shape index (κ3) is 7.04. The molecule has 250 valence electrons. The van der Waals surface area contributed by atoms with Crippen LogP contribution in [0, 0.1) is 11.3 Å². The van der Waals surface area contributed by atoms with Crippen LogP contribution < -0.4 is 26.2 Å². The third-order valence-electron chi connectivity index (χ3n) is 7.96. The maximum absolute atomic E-state index is 13.3. The molecule has 0 spiro atoms. The summed E-state index contributed by atoms with van der Waals surface area (Å²) in [7, 11) is 4.24. The van der Waals surface area contributed by atoms with E-state index in [-0.39, 0.29) is 37.3 Å². The lowest BCUT2D eigenvalue weighted by atomic mass is 9.80. The van der Waals surface area contributed by atoms with Gasteiger partial charge in [0.1, 0.15) is 23.2 Å². The average molecular weight is 673 g/mol. The average Bonchev–Trinajstić information content (AvgIpc) is 3.54. The van der Waals surface area contributed by atoms with Gasteiger partial charge in [-0.15, -0.1) is 0 Å². The minimum Gasteiger partial charge on any atom is -0.497 e. The first-order valence-corrected chi connectivity index (χ1v) is 16.3. The summed E-state index contributed by atoms with van der Waals surface area (Å²) in [5, 5.41) is 8.98. The highest BCUT2D eigenvalue weighted by Gasteiger charge is 2.39. The Labute approximate surface area is 278 Å². The highest BCUT2D eigenvalue weighted by Crippen LogP contribution is 2.42. The van der Waals surface area contributed by atoms with Gasteiger partial charge in [0, 0.05) is 14.1 Å². The fraction of sp³-hybridized carbons (Fsp3) is 0.294. The van der Waals surface area contributed by atoms with Crippen LogP contribution in [0.1, 0.15) is 23.1 Å². The van der Waals surface area contributed by atoms with Gasteiger partial charge in [-0.2, -0.15) is 5.26 Å². The van der Waals surface area contributed by atoms with Gasteiger partial charge in [-0.1, -0.05) is 54.6 Å². The van der Waals surface area contributed by atoms with E-state index in [1.54, 1.807) is 25.8 Å². The molecule has 14 heteroatoms. The fourth-order valence-corrected chi connectivity index (χ4v) is 6.28. The number of aryl methyl sites for hydroxylation is 1. The zero-order valence-corrected chi connectivity index (χ0v) is 28.0. The van der Waals surface area contributed by atoms with Crippen LogP contribution in [0.3, 0.4) is 0 Å². The summed E-state index contributed by atoms with van der Waals surface area (Å²) < 4.78 is 33.8. The molecule has 3 aromatic carbocycles. The van der Waals surface area contributed by atoms with Crippen molar-refractivity contribution < 1.29 is 23.3 Å². The molecule has 0 radical (unpaired) electrons. The van der Waals surface area contributed by atoms with Crippen molar-refractivity contribution in [3.8, 4) is 17.6 Å². The van der Waals surface area contributed by atoms with Gasteiger partial charge < -0.3 is 27.8 Å². The van der Waals surface area contributed by atoms with Crippen LogP contribution in [0.15, 0.2) is 94.8 Å². The van der Waals surface area contributed by atoms with Crippen LogP contribution in [0.25, 0.3) is 11.2 Å². The van der Waals surface area contributed by atoms with Crippen LogP contribution in [-0.4, -0.2) is 52.2 Å². The molecule has 2 aromatic heterocycles. The van der Waals surface area contributed by atoms with Gasteiger partial charge in [-0.05, 0) is 41.0 Å². The number of hydrogen-bond donors (Lipinski definition) is 1. The molecule has 5 rings (SSSR count). The number of nitrogens with zero attached hydrogens (tertiary/aromatic N) is 5. The summed E-state index contributed by atoms with van der Waals surface area (Å²) in [6.07, 6.45) is 0.847. The second kappa shape index (κ2) is 15.4. The Morgan fingerprint density at radius 1 is 0.896 bits per heavy atom. The van der Waals surface area contributed by atoms with E-state index in [4.69, 9.17) is 34.0 Å². The number of fused-ring (bicyclic) bond motifs is 1. The molecule has 0 saturated carbocycles. The van der Waals surface area contributed by atoms with Gasteiger partial charge in [0.05, 0.1) is 52.8 Å². The SMILES string of the molecule is COc1ccc(C(OCC(Cn2cnc3c2c(=O)n(C)c(=O)n3C)OP(N)OCCC#N)(c2ccccc2)c2ccc(OC)cc2)cc1. The number of hydrogen-bond acceptors (Lipinski definition) is 10. The Bertz CT molecular complexity index is 1940. The first kappa shape index (κ1) is 34.5. The van der Waals surface area contributed by atoms with E-state index in [0.29, 0.717) is 11.5 Å². The molecular weight excluding hydrogens is 635 g/mol. The zero-order valence-electron chi connectivity index (χ0n) is 27.1. The van der Waals surface area contributed by atoms with E-state index in [0.717, 1.165) is 21.3 Å². The van der Waals surface area contributed by atoms with Crippen molar-refractivity contribution in [3.63, 3.8) is 0 Å². The van der Waals surface area contributed by atoms with Gasteiger partial charge in [0.25, 0.3) is 14.1 Å².